The molecular weight excluding hydrogens is 184 g/mol. The molecule has 0 saturated heterocycles. The van der Waals surface area contributed by atoms with Crippen LogP contribution in [-0.2, 0) is 0 Å². The zero-order chi connectivity index (χ0) is 11.5. The normalized spacial score (nSPS) is 11.5. The number of Topliss-reactive ketones (excluding diaryl/α,β-unsaturated/α-hetero) is 1. The van der Waals surface area contributed by atoms with E-state index < -0.39 is 0 Å². The average molecular weight is 204 g/mol. The molecule has 1 aromatic carbocycles. The lowest BCUT2D eigenvalue weighted by Crippen LogP contribution is -2.26. The third-order valence-corrected chi connectivity index (χ3v) is 3.42. The molecule has 0 heterocycles. The molecule has 0 radical (unpaired) electrons. The van der Waals surface area contributed by atoms with E-state index in [4.69, 9.17) is 0 Å². The summed E-state index contributed by atoms with van der Waals surface area (Å²) in [6.45, 7) is 8.24. The minimum Gasteiger partial charge on any atom is -0.294 e. The van der Waals surface area contributed by atoms with Crippen molar-refractivity contribution in [3.05, 3.63) is 35.4 Å². The van der Waals surface area contributed by atoms with Crippen molar-refractivity contribution < 1.29 is 4.79 Å². The van der Waals surface area contributed by atoms with E-state index in [1.165, 1.54) is 5.56 Å². The Bertz CT molecular complexity index is 331. The van der Waals surface area contributed by atoms with Crippen molar-refractivity contribution in [2.24, 2.45) is 5.41 Å². The van der Waals surface area contributed by atoms with Crippen LogP contribution in [0.2, 0.25) is 0 Å². The van der Waals surface area contributed by atoms with Crippen molar-refractivity contribution in [1.29, 1.82) is 0 Å². The zero-order valence-corrected chi connectivity index (χ0v) is 10.1. The molecule has 0 saturated carbocycles. The average Bonchev–Trinajstić information content (AvgIpc) is 2.28. The summed E-state index contributed by atoms with van der Waals surface area (Å²) in [5.74, 6) is 0.271. The summed E-state index contributed by atoms with van der Waals surface area (Å²) in [5.41, 5.74) is 1.84. The van der Waals surface area contributed by atoms with E-state index in [9.17, 15) is 4.79 Å². The van der Waals surface area contributed by atoms with Gasteiger partial charge in [0.1, 0.15) is 0 Å². The zero-order valence-electron chi connectivity index (χ0n) is 10.1. The van der Waals surface area contributed by atoms with E-state index in [-0.39, 0.29) is 11.2 Å². The Labute approximate surface area is 92.5 Å². The van der Waals surface area contributed by atoms with Crippen LogP contribution in [0, 0.1) is 12.3 Å². The van der Waals surface area contributed by atoms with Gasteiger partial charge in [0.25, 0.3) is 0 Å². The minimum atomic E-state index is -0.199. The lowest BCUT2D eigenvalue weighted by Gasteiger charge is -2.24. The Kier molecular flexibility index (Phi) is 3.67. The van der Waals surface area contributed by atoms with Crippen LogP contribution >= 0.6 is 0 Å². The molecule has 15 heavy (non-hydrogen) atoms. The number of carbonyl (C=O) groups is 1. The summed E-state index contributed by atoms with van der Waals surface area (Å²) in [4.78, 5) is 12.2. The van der Waals surface area contributed by atoms with Gasteiger partial charge in [0, 0.05) is 11.0 Å². The van der Waals surface area contributed by atoms with Gasteiger partial charge in [-0.3, -0.25) is 4.79 Å². The van der Waals surface area contributed by atoms with Gasteiger partial charge < -0.3 is 0 Å². The van der Waals surface area contributed by atoms with E-state index in [2.05, 4.69) is 20.8 Å². The monoisotopic (exact) mass is 204 g/mol. The number of carbonyl (C=O) groups excluding carboxylic acids is 1. The molecule has 0 aliphatic rings. The van der Waals surface area contributed by atoms with Gasteiger partial charge in [-0.2, -0.15) is 0 Å². The van der Waals surface area contributed by atoms with Crippen LogP contribution in [0.25, 0.3) is 0 Å². The first-order chi connectivity index (χ1) is 7.03. The van der Waals surface area contributed by atoms with E-state index in [0.717, 1.165) is 18.4 Å². The first-order valence-corrected chi connectivity index (χ1v) is 5.65. The molecule has 0 bridgehead atoms. The van der Waals surface area contributed by atoms with Gasteiger partial charge in [-0.25, -0.2) is 0 Å². The highest BCUT2D eigenvalue weighted by Gasteiger charge is 2.29. The van der Waals surface area contributed by atoms with Crippen LogP contribution in [0.4, 0.5) is 0 Å². The second kappa shape index (κ2) is 4.61. The fourth-order valence-electron chi connectivity index (χ4n) is 1.62. The second-order valence-corrected chi connectivity index (χ2v) is 4.46. The van der Waals surface area contributed by atoms with Crippen molar-refractivity contribution in [2.45, 2.75) is 40.5 Å². The molecule has 1 aromatic rings. The number of aryl methyl sites for hydroxylation is 1. The molecule has 82 valence electrons. The molecular formula is C14H20O. The fourth-order valence-corrected chi connectivity index (χ4v) is 1.62. The molecule has 0 fully saturated rings. The molecule has 0 aliphatic carbocycles. The molecule has 1 heteroatoms. The van der Waals surface area contributed by atoms with Crippen LogP contribution in [-0.4, -0.2) is 5.78 Å². The summed E-state index contributed by atoms with van der Waals surface area (Å²) in [5, 5.41) is 0. The van der Waals surface area contributed by atoms with Gasteiger partial charge in [-0.15, -0.1) is 0 Å². The SMILES string of the molecule is CCC(C)(CC)C(=O)c1ccc(C)cc1. The van der Waals surface area contributed by atoms with Crippen LogP contribution in [0.15, 0.2) is 24.3 Å². The number of hydrogen-bond acceptors (Lipinski definition) is 1. The molecule has 1 nitrogen and oxygen atoms in total. The maximum Gasteiger partial charge on any atom is 0.168 e. The topological polar surface area (TPSA) is 17.1 Å². The molecule has 0 atom stereocenters. The molecule has 0 unspecified atom stereocenters. The van der Waals surface area contributed by atoms with E-state index >= 15 is 0 Å². The highest BCUT2D eigenvalue weighted by Crippen LogP contribution is 2.30. The first kappa shape index (κ1) is 12.0. The smallest absolute Gasteiger partial charge is 0.168 e. The molecule has 0 N–H and O–H groups in total. The highest BCUT2D eigenvalue weighted by atomic mass is 16.1. The maximum atomic E-state index is 12.2. The van der Waals surface area contributed by atoms with Crippen LogP contribution in [0.5, 0.6) is 0 Å². The lowest BCUT2D eigenvalue weighted by atomic mass is 9.78. The largest absolute Gasteiger partial charge is 0.294 e. The summed E-state index contributed by atoms with van der Waals surface area (Å²) in [7, 11) is 0. The Hall–Kier alpha value is -1.11. The highest BCUT2D eigenvalue weighted by molar-refractivity contribution is 6.00. The second-order valence-electron chi connectivity index (χ2n) is 4.46. The molecule has 1 rings (SSSR count). The number of ketones is 1. The summed E-state index contributed by atoms with van der Waals surface area (Å²) in [6.07, 6.45) is 1.80. The van der Waals surface area contributed by atoms with Crippen LogP contribution in [0.1, 0.15) is 49.5 Å². The van der Waals surface area contributed by atoms with Gasteiger partial charge in [0.15, 0.2) is 5.78 Å². The van der Waals surface area contributed by atoms with Crippen molar-refractivity contribution in [3.63, 3.8) is 0 Å². The molecule has 0 aliphatic heterocycles. The van der Waals surface area contributed by atoms with Gasteiger partial charge in [-0.1, -0.05) is 50.6 Å². The van der Waals surface area contributed by atoms with Crippen molar-refractivity contribution in [1.82, 2.24) is 0 Å². The third kappa shape index (κ3) is 2.47. The summed E-state index contributed by atoms with van der Waals surface area (Å²) >= 11 is 0. The predicted octanol–water partition coefficient (Wildman–Crippen LogP) is 4.00. The van der Waals surface area contributed by atoms with E-state index in [0.29, 0.717) is 0 Å². The van der Waals surface area contributed by atoms with Crippen LogP contribution in [0.3, 0.4) is 0 Å². The molecule has 0 aromatic heterocycles. The number of benzene rings is 1. The first-order valence-electron chi connectivity index (χ1n) is 5.65. The fraction of sp³-hybridized carbons (Fsp3) is 0.500. The van der Waals surface area contributed by atoms with Crippen molar-refractivity contribution in [3.8, 4) is 0 Å². The van der Waals surface area contributed by atoms with Gasteiger partial charge in [0.05, 0.1) is 0 Å². The Morgan fingerprint density at radius 3 is 2.00 bits per heavy atom. The lowest BCUT2D eigenvalue weighted by molar-refractivity contribution is 0.0803. The Morgan fingerprint density at radius 2 is 1.60 bits per heavy atom. The quantitative estimate of drug-likeness (QED) is 0.677. The Balaban J connectivity index is 2.98. The van der Waals surface area contributed by atoms with E-state index in [1.807, 2.05) is 31.2 Å². The van der Waals surface area contributed by atoms with Crippen molar-refractivity contribution in [2.75, 3.05) is 0 Å². The Morgan fingerprint density at radius 1 is 1.13 bits per heavy atom. The van der Waals surface area contributed by atoms with Gasteiger partial charge in [-0.05, 0) is 19.8 Å². The summed E-state index contributed by atoms with van der Waals surface area (Å²) < 4.78 is 0. The van der Waals surface area contributed by atoms with E-state index in [1.54, 1.807) is 0 Å². The predicted molar refractivity (Wildman–Crippen MR) is 64.2 cm³/mol. The molecule has 0 amide bonds. The summed E-state index contributed by atoms with van der Waals surface area (Å²) in [6, 6.07) is 7.86. The number of hydrogen-bond donors (Lipinski definition) is 0. The third-order valence-electron chi connectivity index (χ3n) is 3.42. The number of rotatable bonds is 4. The standard InChI is InChI=1S/C14H20O/c1-5-14(4,6-2)13(15)12-9-7-11(3)8-10-12/h7-10H,5-6H2,1-4H3. The molecule has 0 spiro atoms. The van der Waals surface area contributed by atoms with Crippen molar-refractivity contribution >= 4 is 5.78 Å². The van der Waals surface area contributed by atoms with Crippen LogP contribution < -0.4 is 0 Å². The van der Waals surface area contributed by atoms with Gasteiger partial charge >= 0.3 is 0 Å². The minimum absolute atomic E-state index is 0.199. The van der Waals surface area contributed by atoms with Gasteiger partial charge in [0.2, 0.25) is 0 Å². The maximum absolute atomic E-state index is 12.2.